The Labute approximate surface area is 139 Å². The summed E-state index contributed by atoms with van der Waals surface area (Å²) in [6.07, 6.45) is 1.63. The number of benzene rings is 1. The van der Waals surface area contributed by atoms with Crippen LogP contribution in [0.5, 0.6) is 11.5 Å². The number of nitrogens with zero attached hydrogens (tertiary/aromatic N) is 1. The molecule has 0 bridgehead atoms. The van der Waals surface area contributed by atoms with Crippen LogP contribution in [0.15, 0.2) is 17.8 Å². The van der Waals surface area contributed by atoms with Crippen LogP contribution in [0.3, 0.4) is 0 Å². The predicted molar refractivity (Wildman–Crippen MR) is 89.9 cm³/mol. The number of halogens is 1. The second-order valence-corrected chi connectivity index (χ2v) is 6.15. The predicted octanol–water partition coefficient (Wildman–Crippen LogP) is 2.77. The third-order valence-electron chi connectivity index (χ3n) is 3.09. The summed E-state index contributed by atoms with van der Waals surface area (Å²) in [7, 11) is 1.43. The van der Waals surface area contributed by atoms with Gasteiger partial charge in [0.15, 0.2) is 16.6 Å². The summed E-state index contributed by atoms with van der Waals surface area (Å²) in [5, 5.41) is 13.2. The van der Waals surface area contributed by atoms with Crippen LogP contribution in [0.2, 0.25) is 5.02 Å². The Hall–Kier alpha value is -1.79. The molecule has 0 saturated carbocycles. The number of carbonyl (C=O) groups excluding carboxylic acids is 1. The highest BCUT2D eigenvalue weighted by Gasteiger charge is 2.30. The maximum Gasteiger partial charge on any atom is 0.276 e. The number of amides is 1. The third kappa shape index (κ3) is 3.34. The average molecular weight is 341 g/mol. The first-order valence-corrected chi connectivity index (χ1v) is 7.53. The zero-order valence-electron chi connectivity index (χ0n) is 12.5. The molecule has 2 rings (SSSR count). The van der Waals surface area contributed by atoms with Gasteiger partial charge in [-0.3, -0.25) is 9.69 Å². The molecule has 7 heteroatoms. The fourth-order valence-corrected chi connectivity index (χ4v) is 2.59. The Balaban J connectivity index is 2.33. The minimum absolute atomic E-state index is 0.131. The fourth-order valence-electron chi connectivity index (χ4n) is 2.10. The van der Waals surface area contributed by atoms with Gasteiger partial charge in [0.25, 0.3) is 5.91 Å². The molecule has 5 nitrogen and oxygen atoms in total. The van der Waals surface area contributed by atoms with Crippen molar-refractivity contribution < 1.29 is 14.6 Å². The number of rotatable bonds is 4. The van der Waals surface area contributed by atoms with Crippen molar-refractivity contribution >= 4 is 40.9 Å². The summed E-state index contributed by atoms with van der Waals surface area (Å²) in [6.45, 7) is 4.59. The molecule has 22 heavy (non-hydrogen) atoms. The number of thiocarbonyl (C=S) groups is 1. The summed E-state index contributed by atoms with van der Waals surface area (Å²) < 4.78 is 5.05. The molecule has 0 spiro atoms. The van der Waals surface area contributed by atoms with Gasteiger partial charge in [0.05, 0.1) is 12.1 Å². The highest BCUT2D eigenvalue weighted by Crippen LogP contribution is 2.35. The lowest BCUT2D eigenvalue weighted by atomic mass is 10.1. The van der Waals surface area contributed by atoms with E-state index in [4.69, 9.17) is 28.6 Å². The molecule has 0 aromatic heterocycles. The standard InChI is InChI=1S/C15H17ClN2O3S/c1-8(2)7-18-14(20)11(17-15(18)22)5-9-4-10(16)13(19)12(6-9)21-3/h4-6,8,19H,7H2,1-3H3,(H,17,22)/b11-5-. The lowest BCUT2D eigenvalue weighted by molar-refractivity contribution is -0.122. The molecule has 1 aliphatic heterocycles. The number of hydrogen-bond acceptors (Lipinski definition) is 4. The molecule has 1 aliphatic rings. The molecular weight excluding hydrogens is 324 g/mol. The Bertz CT molecular complexity index is 658. The van der Waals surface area contributed by atoms with E-state index in [9.17, 15) is 9.90 Å². The first-order valence-electron chi connectivity index (χ1n) is 6.74. The van der Waals surface area contributed by atoms with Gasteiger partial charge in [-0.25, -0.2) is 0 Å². The lowest BCUT2D eigenvalue weighted by Crippen LogP contribution is -2.33. The second kappa shape index (κ2) is 6.54. The number of carbonyl (C=O) groups is 1. The third-order valence-corrected chi connectivity index (χ3v) is 3.70. The van der Waals surface area contributed by atoms with E-state index in [1.54, 1.807) is 18.2 Å². The van der Waals surface area contributed by atoms with Crippen molar-refractivity contribution in [1.29, 1.82) is 0 Å². The van der Waals surface area contributed by atoms with Crippen molar-refractivity contribution in [1.82, 2.24) is 10.2 Å². The molecule has 1 aromatic carbocycles. The van der Waals surface area contributed by atoms with Crippen molar-refractivity contribution in [3.63, 3.8) is 0 Å². The normalized spacial score (nSPS) is 16.6. The molecular formula is C15H17ClN2O3S. The minimum atomic E-state index is -0.179. The van der Waals surface area contributed by atoms with Gasteiger partial charge in [0, 0.05) is 6.54 Å². The summed E-state index contributed by atoms with van der Waals surface area (Å²) in [5.41, 5.74) is 0.999. The Morgan fingerprint density at radius 3 is 2.77 bits per heavy atom. The van der Waals surface area contributed by atoms with Crippen LogP contribution in [-0.2, 0) is 4.79 Å². The van der Waals surface area contributed by atoms with Crippen molar-refractivity contribution in [2.24, 2.45) is 5.92 Å². The molecule has 1 fully saturated rings. The van der Waals surface area contributed by atoms with E-state index in [1.807, 2.05) is 13.8 Å². The molecule has 0 unspecified atom stereocenters. The molecule has 1 heterocycles. The van der Waals surface area contributed by atoms with E-state index in [0.29, 0.717) is 28.8 Å². The second-order valence-electron chi connectivity index (χ2n) is 5.35. The van der Waals surface area contributed by atoms with Gasteiger partial charge in [-0.2, -0.15) is 0 Å². The van der Waals surface area contributed by atoms with E-state index in [1.165, 1.54) is 12.0 Å². The molecule has 0 radical (unpaired) electrons. The number of nitrogens with one attached hydrogen (secondary N) is 1. The van der Waals surface area contributed by atoms with E-state index < -0.39 is 0 Å². The van der Waals surface area contributed by atoms with Crippen LogP contribution in [0.4, 0.5) is 0 Å². The maximum atomic E-state index is 12.4. The SMILES string of the molecule is COc1cc(/C=C2\NC(=S)N(CC(C)C)C2=O)cc(Cl)c1O. The zero-order chi connectivity index (χ0) is 16.4. The van der Waals surface area contributed by atoms with Crippen LogP contribution in [0, 0.1) is 5.92 Å². The number of hydrogen-bond donors (Lipinski definition) is 2. The van der Waals surface area contributed by atoms with Crippen LogP contribution in [0.1, 0.15) is 19.4 Å². The number of methoxy groups -OCH3 is 1. The summed E-state index contributed by atoms with van der Waals surface area (Å²) in [5.74, 6) is 0.244. The average Bonchev–Trinajstić information content (AvgIpc) is 2.70. The van der Waals surface area contributed by atoms with Gasteiger partial charge in [0.1, 0.15) is 5.70 Å². The van der Waals surface area contributed by atoms with Crippen molar-refractivity contribution in [2.75, 3.05) is 13.7 Å². The number of aromatic hydroxyl groups is 1. The highest BCUT2D eigenvalue weighted by molar-refractivity contribution is 7.80. The zero-order valence-corrected chi connectivity index (χ0v) is 14.1. The maximum absolute atomic E-state index is 12.4. The van der Waals surface area contributed by atoms with E-state index in [0.717, 1.165) is 0 Å². The smallest absolute Gasteiger partial charge is 0.276 e. The van der Waals surface area contributed by atoms with E-state index >= 15 is 0 Å². The Morgan fingerprint density at radius 1 is 1.50 bits per heavy atom. The van der Waals surface area contributed by atoms with Gasteiger partial charge >= 0.3 is 0 Å². The van der Waals surface area contributed by atoms with Gasteiger partial charge in [-0.1, -0.05) is 25.4 Å². The minimum Gasteiger partial charge on any atom is -0.503 e. The van der Waals surface area contributed by atoms with E-state index in [-0.39, 0.29) is 22.4 Å². The van der Waals surface area contributed by atoms with Crippen LogP contribution >= 0.6 is 23.8 Å². The molecule has 1 amide bonds. The largest absolute Gasteiger partial charge is 0.503 e. The monoisotopic (exact) mass is 340 g/mol. The molecule has 118 valence electrons. The van der Waals surface area contributed by atoms with Gasteiger partial charge in [0.2, 0.25) is 0 Å². The summed E-state index contributed by atoms with van der Waals surface area (Å²) in [4.78, 5) is 13.9. The first kappa shape index (κ1) is 16.6. The van der Waals surface area contributed by atoms with Gasteiger partial charge < -0.3 is 15.2 Å². The summed E-state index contributed by atoms with van der Waals surface area (Å²) >= 11 is 11.1. The molecule has 0 aliphatic carbocycles. The first-order chi connectivity index (χ1) is 10.3. The number of phenolic OH excluding ortho intramolecular Hbond substituents is 1. The lowest BCUT2D eigenvalue weighted by Gasteiger charge is -2.15. The Kier molecular flexibility index (Phi) is 4.93. The Morgan fingerprint density at radius 2 is 2.18 bits per heavy atom. The van der Waals surface area contributed by atoms with Gasteiger partial charge in [-0.05, 0) is 41.9 Å². The van der Waals surface area contributed by atoms with Crippen LogP contribution in [-0.4, -0.2) is 34.7 Å². The number of phenols is 1. The quantitative estimate of drug-likeness (QED) is 0.652. The fraction of sp³-hybridized carbons (Fsp3) is 0.333. The van der Waals surface area contributed by atoms with Crippen molar-refractivity contribution in [2.45, 2.75) is 13.8 Å². The van der Waals surface area contributed by atoms with Crippen LogP contribution < -0.4 is 10.1 Å². The molecule has 2 N–H and O–H groups in total. The molecule has 0 atom stereocenters. The van der Waals surface area contributed by atoms with Crippen LogP contribution in [0.25, 0.3) is 6.08 Å². The topological polar surface area (TPSA) is 61.8 Å². The molecule has 1 saturated heterocycles. The van der Waals surface area contributed by atoms with Crippen molar-refractivity contribution in [3.8, 4) is 11.5 Å². The number of ether oxygens (including phenoxy) is 1. The summed E-state index contributed by atoms with van der Waals surface area (Å²) in [6, 6.07) is 3.15. The highest BCUT2D eigenvalue weighted by atomic mass is 35.5. The van der Waals surface area contributed by atoms with E-state index in [2.05, 4.69) is 5.32 Å². The van der Waals surface area contributed by atoms with Crippen molar-refractivity contribution in [3.05, 3.63) is 28.4 Å². The molecule has 1 aromatic rings. The van der Waals surface area contributed by atoms with Gasteiger partial charge in [-0.15, -0.1) is 0 Å².